The molecule has 2 aromatic carbocycles. The van der Waals surface area contributed by atoms with Gasteiger partial charge in [0.2, 0.25) is 0 Å². The van der Waals surface area contributed by atoms with Gasteiger partial charge >= 0.3 is 6.03 Å². The van der Waals surface area contributed by atoms with E-state index in [1.165, 1.54) is 16.6 Å². The third kappa shape index (κ3) is 5.14. The Labute approximate surface area is 163 Å². The number of nitrogens with one attached hydrogen (secondary N) is 2. The van der Waals surface area contributed by atoms with E-state index >= 15 is 0 Å². The van der Waals surface area contributed by atoms with Crippen molar-refractivity contribution in [2.24, 2.45) is 5.92 Å². The second-order valence-electron chi connectivity index (χ2n) is 6.83. The highest BCUT2D eigenvalue weighted by molar-refractivity contribution is 5.90. The Kier molecular flexibility index (Phi) is 6.33. The molecule has 3 aromatic rings. The SMILES string of the molecule is Cc1ccc(C[C@@H](CO)CNC(=O)Nc2cc(-n3cnnn3)ccc2C)cc1. The summed E-state index contributed by atoms with van der Waals surface area (Å²) in [5, 5.41) is 26.4. The van der Waals surface area contributed by atoms with Crippen LogP contribution in [0.3, 0.4) is 0 Å². The van der Waals surface area contributed by atoms with E-state index in [1.54, 1.807) is 6.07 Å². The zero-order chi connectivity index (χ0) is 19.9. The highest BCUT2D eigenvalue weighted by Crippen LogP contribution is 2.19. The van der Waals surface area contributed by atoms with Gasteiger partial charge in [0.1, 0.15) is 6.33 Å². The fraction of sp³-hybridized carbons (Fsp3) is 0.300. The second-order valence-corrected chi connectivity index (χ2v) is 6.83. The van der Waals surface area contributed by atoms with Gasteiger partial charge in [-0.05, 0) is 54.0 Å². The van der Waals surface area contributed by atoms with E-state index in [0.29, 0.717) is 18.7 Å². The second kappa shape index (κ2) is 9.09. The predicted octanol–water partition coefficient (Wildman–Crippen LogP) is 2.25. The number of aliphatic hydroxyl groups is 1. The van der Waals surface area contributed by atoms with Gasteiger partial charge in [0.25, 0.3) is 0 Å². The van der Waals surface area contributed by atoms with Gasteiger partial charge in [0.05, 0.1) is 5.69 Å². The van der Waals surface area contributed by atoms with E-state index in [-0.39, 0.29) is 18.6 Å². The fourth-order valence-corrected chi connectivity index (χ4v) is 2.83. The molecule has 3 N–H and O–H groups in total. The zero-order valence-electron chi connectivity index (χ0n) is 16.0. The number of hydrogen-bond donors (Lipinski definition) is 3. The molecular weight excluding hydrogens is 356 g/mol. The molecule has 2 amide bonds. The zero-order valence-corrected chi connectivity index (χ0v) is 16.0. The van der Waals surface area contributed by atoms with E-state index in [9.17, 15) is 9.90 Å². The van der Waals surface area contributed by atoms with Crippen LogP contribution in [-0.2, 0) is 6.42 Å². The van der Waals surface area contributed by atoms with E-state index < -0.39 is 0 Å². The van der Waals surface area contributed by atoms with Crippen molar-refractivity contribution >= 4 is 11.7 Å². The van der Waals surface area contributed by atoms with E-state index in [0.717, 1.165) is 16.8 Å². The lowest BCUT2D eigenvalue weighted by Gasteiger charge is -2.16. The number of anilines is 1. The molecular formula is C20H24N6O2. The maximum absolute atomic E-state index is 12.3. The summed E-state index contributed by atoms with van der Waals surface area (Å²) in [7, 11) is 0. The normalized spacial score (nSPS) is 11.8. The van der Waals surface area contributed by atoms with Crippen molar-refractivity contribution in [1.82, 2.24) is 25.5 Å². The lowest BCUT2D eigenvalue weighted by molar-refractivity contribution is 0.218. The van der Waals surface area contributed by atoms with Crippen LogP contribution in [0, 0.1) is 19.8 Å². The van der Waals surface area contributed by atoms with E-state index in [4.69, 9.17) is 0 Å². The number of aliphatic hydroxyl groups excluding tert-OH is 1. The first kappa shape index (κ1) is 19.5. The van der Waals surface area contributed by atoms with Gasteiger partial charge in [-0.15, -0.1) is 5.10 Å². The third-order valence-corrected chi connectivity index (χ3v) is 4.54. The first-order valence-corrected chi connectivity index (χ1v) is 9.10. The van der Waals surface area contributed by atoms with Gasteiger partial charge in [-0.3, -0.25) is 0 Å². The lowest BCUT2D eigenvalue weighted by atomic mass is 9.99. The molecule has 28 heavy (non-hydrogen) atoms. The Morgan fingerprint density at radius 1 is 1.18 bits per heavy atom. The van der Waals surface area contributed by atoms with Crippen molar-refractivity contribution in [2.45, 2.75) is 20.3 Å². The van der Waals surface area contributed by atoms with Crippen molar-refractivity contribution in [3.05, 3.63) is 65.5 Å². The molecule has 1 heterocycles. The van der Waals surface area contributed by atoms with E-state index in [2.05, 4.69) is 26.2 Å². The van der Waals surface area contributed by atoms with Crippen LogP contribution in [0.15, 0.2) is 48.8 Å². The average Bonchev–Trinajstić information content (AvgIpc) is 3.23. The molecule has 0 unspecified atom stereocenters. The Morgan fingerprint density at radius 2 is 1.96 bits per heavy atom. The third-order valence-electron chi connectivity index (χ3n) is 4.54. The van der Waals surface area contributed by atoms with Crippen LogP contribution in [0.1, 0.15) is 16.7 Å². The van der Waals surface area contributed by atoms with Crippen LogP contribution in [0.25, 0.3) is 5.69 Å². The Morgan fingerprint density at radius 3 is 2.64 bits per heavy atom. The first-order chi connectivity index (χ1) is 13.5. The molecule has 0 spiro atoms. The number of hydrogen-bond acceptors (Lipinski definition) is 5. The summed E-state index contributed by atoms with van der Waals surface area (Å²) < 4.78 is 1.52. The molecule has 0 saturated heterocycles. The number of aryl methyl sites for hydroxylation is 2. The van der Waals surface area contributed by atoms with Crippen LogP contribution >= 0.6 is 0 Å². The van der Waals surface area contributed by atoms with Crippen LogP contribution in [0.2, 0.25) is 0 Å². The fourth-order valence-electron chi connectivity index (χ4n) is 2.83. The molecule has 8 heteroatoms. The Hall–Kier alpha value is -3.26. The van der Waals surface area contributed by atoms with Crippen LogP contribution < -0.4 is 10.6 Å². The van der Waals surface area contributed by atoms with Crippen molar-refractivity contribution < 1.29 is 9.90 Å². The van der Waals surface area contributed by atoms with Gasteiger partial charge in [0, 0.05) is 24.8 Å². The van der Waals surface area contributed by atoms with Gasteiger partial charge < -0.3 is 15.7 Å². The summed E-state index contributed by atoms with van der Waals surface area (Å²) in [6.07, 6.45) is 2.19. The minimum Gasteiger partial charge on any atom is -0.396 e. The number of aromatic nitrogens is 4. The maximum atomic E-state index is 12.3. The molecule has 0 saturated carbocycles. The molecule has 1 atom stereocenters. The van der Waals surface area contributed by atoms with Crippen LogP contribution in [0.4, 0.5) is 10.5 Å². The highest BCUT2D eigenvalue weighted by Gasteiger charge is 2.12. The predicted molar refractivity (Wildman–Crippen MR) is 106 cm³/mol. The molecule has 8 nitrogen and oxygen atoms in total. The number of carbonyl (C=O) groups excluding carboxylic acids is 1. The van der Waals surface area contributed by atoms with E-state index in [1.807, 2.05) is 50.2 Å². The van der Waals surface area contributed by atoms with Crippen molar-refractivity contribution in [3.63, 3.8) is 0 Å². The highest BCUT2D eigenvalue weighted by atomic mass is 16.3. The van der Waals surface area contributed by atoms with Crippen LogP contribution in [-0.4, -0.2) is 44.5 Å². The molecule has 3 rings (SSSR count). The molecule has 0 aliphatic rings. The number of tetrazole rings is 1. The molecule has 1 aromatic heterocycles. The number of urea groups is 1. The number of rotatable bonds is 7. The number of carbonyl (C=O) groups is 1. The summed E-state index contributed by atoms with van der Waals surface area (Å²) in [5.41, 5.74) is 4.67. The van der Waals surface area contributed by atoms with Gasteiger partial charge in [0.15, 0.2) is 0 Å². The molecule has 0 fully saturated rings. The van der Waals surface area contributed by atoms with Crippen molar-refractivity contribution in [2.75, 3.05) is 18.5 Å². The van der Waals surface area contributed by atoms with Crippen molar-refractivity contribution in [3.8, 4) is 5.69 Å². The minimum absolute atomic E-state index is 0.00195. The lowest BCUT2D eigenvalue weighted by Crippen LogP contribution is -2.35. The largest absolute Gasteiger partial charge is 0.396 e. The molecule has 146 valence electrons. The summed E-state index contributed by atoms with van der Waals surface area (Å²) in [5.74, 6) is -0.0536. The van der Waals surface area contributed by atoms with Crippen LogP contribution in [0.5, 0.6) is 0 Å². The Balaban J connectivity index is 1.57. The first-order valence-electron chi connectivity index (χ1n) is 9.10. The standard InChI is InChI=1S/C20H24N6O2/c1-14-3-6-16(7-4-14)9-17(12-27)11-21-20(28)23-19-10-18(8-5-15(19)2)26-13-22-24-25-26/h3-8,10,13,17,27H,9,11-12H2,1-2H3,(H2,21,23,28)/t17-/m1/s1. The molecule has 0 aliphatic carbocycles. The smallest absolute Gasteiger partial charge is 0.319 e. The number of amides is 2. The van der Waals surface area contributed by atoms with Gasteiger partial charge in [-0.2, -0.15) is 0 Å². The Bertz CT molecular complexity index is 909. The van der Waals surface area contributed by atoms with Gasteiger partial charge in [-0.25, -0.2) is 9.48 Å². The van der Waals surface area contributed by atoms with Gasteiger partial charge in [-0.1, -0.05) is 35.9 Å². The quantitative estimate of drug-likeness (QED) is 0.583. The molecule has 0 aliphatic heterocycles. The number of benzene rings is 2. The maximum Gasteiger partial charge on any atom is 0.319 e. The topological polar surface area (TPSA) is 105 Å². The molecule has 0 bridgehead atoms. The summed E-state index contributed by atoms with van der Waals surface area (Å²) in [6.45, 7) is 4.33. The summed E-state index contributed by atoms with van der Waals surface area (Å²) in [6, 6.07) is 13.4. The van der Waals surface area contributed by atoms with Crippen molar-refractivity contribution in [1.29, 1.82) is 0 Å². The monoisotopic (exact) mass is 380 g/mol. The molecule has 0 radical (unpaired) electrons. The number of nitrogens with zero attached hydrogens (tertiary/aromatic N) is 4. The minimum atomic E-state index is -0.320. The summed E-state index contributed by atoms with van der Waals surface area (Å²) in [4.78, 5) is 12.3. The summed E-state index contributed by atoms with van der Waals surface area (Å²) >= 11 is 0. The average molecular weight is 380 g/mol.